The van der Waals surface area contributed by atoms with Crippen LogP contribution in [-0.2, 0) is 22.0 Å². The van der Waals surface area contributed by atoms with Gasteiger partial charge in [0.1, 0.15) is 0 Å². The number of benzene rings is 2. The first-order valence-electron chi connectivity index (χ1n) is 9.29. The van der Waals surface area contributed by atoms with Crippen molar-refractivity contribution in [2.24, 2.45) is 0 Å². The molecule has 0 saturated carbocycles. The van der Waals surface area contributed by atoms with Gasteiger partial charge in [-0.05, 0) is 63.0 Å². The zero-order valence-electron chi connectivity index (χ0n) is 16.8. The van der Waals surface area contributed by atoms with Crippen molar-refractivity contribution >= 4 is 18.5 Å². The van der Waals surface area contributed by atoms with E-state index in [1.165, 1.54) is 12.1 Å². The predicted molar refractivity (Wildman–Crippen MR) is 105 cm³/mol. The van der Waals surface area contributed by atoms with E-state index in [1.807, 2.05) is 27.7 Å². The molecule has 3 rings (SSSR count). The number of carbonyl (C=O) groups is 1. The van der Waals surface area contributed by atoms with E-state index in [9.17, 15) is 18.0 Å². The van der Waals surface area contributed by atoms with Gasteiger partial charge in [-0.3, -0.25) is 4.79 Å². The Labute approximate surface area is 168 Å². The first kappa shape index (κ1) is 21.4. The molecule has 0 unspecified atom stereocenters. The fraction of sp³-hybridized carbons (Fsp3) is 0.381. The van der Waals surface area contributed by atoms with E-state index in [-0.39, 0.29) is 12.5 Å². The highest BCUT2D eigenvalue weighted by atomic mass is 19.4. The van der Waals surface area contributed by atoms with Crippen LogP contribution in [-0.4, -0.2) is 24.2 Å². The number of alkyl halides is 3. The van der Waals surface area contributed by atoms with Gasteiger partial charge in [-0.1, -0.05) is 24.3 Å². The molecule has 1 heterocycles. The Kier molecular flexibility index (Phi) is 5.53. The first-order chi connectivity index (χ1) is 13.4. The van der Waals surface area contributed by atoms with E-state index in [1.54, 1.807) is 24.3 Å². The van der Waals surface area contributed by atoms with Crippen LogP contribution in [0.5, 0.6) is 0 Å². The minimum Gasteiger partial charge on any atom is -0.399 e. The van der Waals surface area contributed by atoms with E-state index >= 15 is 0 Å². The lowest BCUT2D eigenvalue weighted by atomic mass is 9.79. The maximum Gasteiger partial charge on any atom is 0.494 e. The SMILES string of the molecule is CC1(C)OB(c2ccc(C(=O)NCc3cccc(C(F)(F)F)c3)cc2)OC1(C)C. The van der Waals surface area contributed by atoms with Crippen LogP contribution in [0.15, 0.2) is 48.5 Å². The molecule has 0 atom stereocenters. The molecule has 1 amide bonds. The Hall–Kier alpha value is -2.32. The van der Waals surface area contributed by atoms with Crippen molar-refractivity contribution in [3.63, 3.8) is 0 Å². The van der Waals surface area contributed by atoms with Gasteiger partial charge in [0, 0.05) is 12.1 Å². The monoisotopic (exact) mass is 405 g/mol. The van der Waals surface area contributed by atoms with Gasteiger partial charge in [-0.15, -0.1) is 0 Å². The molecule has 0 aromatic heterocycles. The third-order valence-corrected chi connectivity index (χ3v) is 5.41. The standard InChI is InChI=1S/C21H23BF3NO3/c1-19(2)20(3,4)29-22(28-19)17-10-8-15(9-11-17)18(27)26-13-14-6-5-7-16(12-14)21(23,24)25/h5-12H,13H2,1-4H3,(H,26,27). The van der Waals surface area contributed by atoms with Gasteiger partial charge in [0.15, 0.2) is 0 Å². The highest BCUT2D eigenvalue weighted by molar-refractivity contribution is 6.62. The van der Waals surface area contributed by atoms with Crippen LogP contribution in [0.3, 0.4) is 0 Å². The molecule has 0 bridgehead atoms. The fourth-order valence-corrected chi connectivity index (χ4v) is 2.91. The lowest BCUT2D eigenvalue weighted by molar-refractivity contribution is -0.137. The maximum atomic E-state index is 12.8. The van der Waals surface area contributed by atoms with Crippen LogP contribution in [0.2, 0.25) is 0 Å². The molecule has 4 nitrogen and oxygen atoms in total. The van der Waals surface area contributed by atoms with Crippen molar-refractivity contribution in [2.75, 3.05) is 0 Å². The van der Waals surface area contributed by atoms with Crippen molar-refractivity contribution in [1.29, 1.82) is 0 Å². The predicted octanol–water partition coefficient (Wildman–Crippen LogP) is 3.93. The summed E-state index contributed by atoms with van der Waals surface area (Å²) in [6, 6.07) is 11.7. The normalized spacial score (nSPS) is 18.0. The molecule has 1 aliphatic rings. The Morgan fingerprint density at radius 1 is 1.00 bits per heavy atom. The van der Waals surface area contributed by atoms with E-state index in [4.69, 9.17) is 9.31 Å². The van der Waals surface area contributed by atoms with Crippen molar-refractivity contribution in [3.8, 4) is 0 Å². The van der Waals surface area contributed by atoms with E-state index in [0.29, 0.717) is 11.1 Å². The molecule has 154 valence electrons. The Morgan fingerprint density at radius 3 is 2.14 bits per heavy atom. The second-order valence-corrected chi connectivity index (χ2v) is 8.09. The van der Waals surface area contributed by atoms with Crippen molar-refractivity contribution in [1.82, 2.24) is 5.32 Å². The number of halogens is 3. The second-order valence-electron chi connectivity index (χ2n) is 8.09. The first-order valence-corrected chi connectivity index (χ1v) is 9.29. The van der Waals surface area contributed by atoms with Crippen molar-refractivity contribution in [3.05, 3.63) is 65.2 Å². The summed E-state index contributed by atoms with van der Waals surface area (Å²) in [4.78, 5) is 12.3. The molecule has 0 aliphatic carbocycles. The minimum atomic E-state index is -4.41. The van der Waals surface area contributed by atoms with Gasteiger partial charge >= 0.3 is 13.3 Å². The molecule has 1 aliphatic heterocycles. The van der Waals surface area contributed by atoms with Crippen LogP contribution in [0.1, 0.15) is 49.2 Å². The summed E-state index contributed by atoms with van der Waals surface area (Å²) in [5, 5.41) is 2.64. The summed E-state index contributed by atoms with van der Waals surface area (Å²) in [6.07, 6.45) is -4.41. The van der Waals surface area contributed by atoms with Crippen LogP contribution in [0.25, 0.3) is 0 Å². The number of nitrogens with one attached hydrogen (secondary N) is 1. The summed E-state index contributed by atoms with van der Waals surface area (Å²) in [5.74, 6) is -0.372. The quantitative estimate of drug-likeness (QED) is 0.785. The second kappa shape index (κ2) is 7.50. The molecule has 1 saturated heterocycles. The van der Waals surface area contributed by atoms with Gasteiger partial charge in [0.05, 0.1) is 16.8 Å². The zero-order chi connectivity index (χ0) is 21.4. The lowest BCUT2D eigenvalue weighted by Gasteiger charge is -2.32. The third-order valence-electron chi connectivity index (χ3n) is 5.41. The number of hydrogen-bond donors (Lipinski definition) is 1. The number of carbonyl (C=O) groups excluding carboxylic acids is 1. The number of hydrogen-bond acceptors (Lipinski definition) is 3. The summed E-state index contributed by atoms with van der Waals surface area (Å²) < 4.78 is 50.3. The molecule has 2 aromatic rings. The van der Waals surface area contributed by atoms with E-state index in [0.717, 1.165) is 17.6 Å². The molecule has 8 heteroatoms. The average molecular weight is 405 g/mol. The Morgan fingerprint density at radius 2 is 1.59 bits per heavy atom. The summed E-state index contributed by atoms with van der Waals surface area (Å²) in [6.45, 7) is 7.85. The lowest BCUT2D eigenvalue weighted by Crippen LogP contribution is -2.41. The van der Waals surface area contributed by atoms with Gasteiger partial charge in [-0.25, -0.2) is 0 Å². The largest absolute Gasteiger partial charge is 0.494 e. The molecular weight excluding hydrogens is 382 g/mol. The number of rotatable bonds is 4. The summed E-state index contributed by atoms with van der Waals surface area (Å²) in [5.41, 5.74) is -0.0921. The minimum absolute atomic E-state index is 0.00172. The molecule has 0 radical (unpaired) electrons. The molecule has 29 heavy (non-hydrogen) atoms. The highest BCUT2D eigenvalue weighted by Crippen LogP contribution is 2.36. The molecule has 2 aromatic carbocycles. The van der Waals surface area contributed by atoms with Gasteiger partial charge in [-0.2, -0.15) is 13.2 Å². The van der Waals surface area contributed by atoms with Crippen LogP contribution in [0, 0.1) is 0 Å². The third kappa shape index (κ3) is 4.65. The molecule has 0 spiro atoms. The van der Waals surface area contributed by atoms with Crippen molar-refractivity contribution in [2.45, 2.75) is 51.6 Å². The Balaban J connectivity index is 1.63. The highest BCUT2D eigenvalue weighted by Gasteiger charge is 2.51. The summed E-state index contributed by atoms with van der Waals surface area (Å²) in [7, 11) is -0.526. The van der Waals surface area contributed by atoms with Crippen LogP contribution >= 0.6 is 0 Å². The fourth-order valence-electron chi connectivity index (χ4n) is 2.91. The average Bonchev–Trinajstić information content (AvgIpc) is 2.87. The van der Waals surface area contributed by atoms with Gasteiger partial charge < -0.3 is 14.6 Å². The van der Waals surface area contributed by atoms with Crippen molar-refractivity contribution < 1.29 is 27.3 Å². The van der Waals surface area contributed by atoms with E-state index < -0.39 is 30.1 Å². The Bertz CT molecular complexity index is 879. The van der Waals surface area contributed by atoms with Gasteiger partial charge in [0.2, 0.25) is 0 Å². The number of amides is 1. The zero-order valence-corrected chi connectivity index (χ0v) is 16.8. The molecule has 1 N–H and O–H groups in total. The smallest absolute Gasteiger partial charge is 0.399 e. The topological polar surface area (TPSA) is 47.6 Å². The van der Waals surface area contributed by atoms with Gasteiger partial charge in [0.25, 0.3) is 5.91 Å². The molecular formula is C21H23BF3NO3. The summed E-state index contributed by atoms with van der Waals surface area (Å²) >= 11 is 0. The van der Waals surface area contributed by atoms with Crippen LogP contribution in [0.4, 0.5) is 13.2 Å². The van der Waals surface area contributed by atoms with Crippen LogP contribution < -0.4 is 10.8 Å². The maximum absolute atomic E-state index is 12.8. The molecule has 1 fully saturated rings. The van der Waals surface area contributed by atoms with E-state index in [2.05, 4.69) is 5.32 Å².